The van der Waals surface area contributed by atoms with Crippen molar-refractivity contribution >= 4 is 17.3 Å². The van der Waals surface area contributed by atoms with Gasteiger partial charge in [0.05, 0.1) is 19.1 Å². The van der Waals surface area contributed by atoms with E-state index < -0.39 is 0 Å². The van der Waals surface area contributed by atoms with Crippen LogP contribution in [0.1, 0.15) is 48.3 Å². The van der Waals surface area contributed by atoms with Crippen molar-refractivity contribution in [1.82, 2.24) is 0 Å². The molecule has 140 valence electrons. The third-order valence-electron chi connectivity index (χ3n) is 5.89. The molecule has 0 saturated heterocycles. The van der Waals surface area contributed by atoms with E-state index in [0.717, 1.165) is 48.1 Å². The second-order valence-corrected chi connectivity index (χ2v) is 7.20. The predicted molar refractivity (Wildman–Crippen MR) is 105 cm³/mol. The third-order valence-corrected chi connectivity index (χ3v) is 5.89. The third kappa shape index (κ3) is 2.97. The molecule has 0 N–H and O–H groups in total. The fraction of sp³-hybridized carbons (Fsp3) is 0.364. The number of benzene rings is 2. The van der Waals surface area contributed by atoms with Gasteiger partial charge in [-0.2, -0.15) is 0 Å². The Bertz CT molecular complexity index is 901. The number of nitro groups is 1. The van der Waals surface area contributed by atoms with Crippen LogP contribution in [-0.2, 0) is 0 Å². The highest BCUT2D eigenvalue weighted by molar-refractivity contribution is 5.88. The Morgan fingerprint density at radius 1 is 0.963 bits per heavy atom. The second kappa shape index (κ2) is 7.06. The summed E-state index contributed by atoms with van der Waals surface area (Å²) >= 11 is 0. The number of hydrogen-bond acceptors (Lipinski definition) is 4. The zero-order valence-electron chi connectivity index (χ0n) is 15.6. The van der Waals surface area contributed by atoms with Gasteiger partial charge in [-0.25, -0.2) is 0 Å². The Hall–Kier alpha value is -2.82. The summed E-state index contributed by atoms with van der Waals surface area (Å²) in [6, 6.07) is 11.8. The molecule has 2 aliphatic carbocycles. The SMILES string of the molecule is COc1ccc(C2=Cc3ccc(OC)c([N+](=O)[O-])c3C3CCCCC23)cc1. The van der Waals surface area contributed by atoms with E-state index in [0.29, 0.717) is 11.7 Å². The molecule has 1 fully saturated rings. The summed E-state index contributed by atoms with van der Waals surface area (Å²) in [5, 5.41) is 11.8. The lowest BCUT2D eigenvalue weighted by atomic mass is 9.66. The van der Waals surface area contributed by atoms with Crippen molar-refractivity contribution in [2.45, 2.75) is 31.6 Å². The molecular weight excluding hydrogens is 342 g/mol. The molecule has 2 aromatic carbocycles. The molecule has 2 aliphatic rings. The van der Waals surface area contributed by atoms with Crippen LogP contribution in [0.15, 0.2) is 36.4 Å². The molecule has 2 atom stereocenters. The van der Waals surface area contributed by atoms with Crippen LogP contribution < -0.4 is 9.47 Å². The van der Waals surface area contributed by atoms with E-state index in [9.17, 15) is 10.1 Å². The number of methoxy groups -OCH3 is 2. The Kier molecular flexibility index (Phi) is 4.60. The van der Waals surface area contributed by atoms with Crippen LogP contribution in [0.2, 0.25) is 0 Å². The first kappa shape index (κ1) is 17.6. The van der Waals surface area contributed by atoms with Gasteiger partial charge in [0.25, 0.3) is 0 Å². The topological polar surface area (TPSA) is 61.6 Å². The Labute approximate surface area is 158 Å². The highest BCUT2D eigenvalue weighted by atomic mass is 16.6. The molecule has 2 aromatic rings. The molecule has 5 heteroatoms. The summed E-state index contributed by atoms with van der Waals surface area (Å²) in [6.07, 6.45) is 6.41. The Morgan fingerprint density at radius 2 is 1.67 bits per heavy atom. The van der Waals surface area contributed by atoms with Gasteiger partial charge >= 0.3 is 5.69 Å². The molecule has 2 unspecified atom stereocenters. The fourth-order valence-corrected chi connectivity index (χ4v) is 4.68. The van der Waals surface area contributed by atoms with E-state index in [4.69, 9.17) is 9.47 Å². The molecule has 27 heavy (non-hydrogen) atoms. The van der Waals surface area contributed by atoms with Crippen molar-refractivity contribution in [2.75, 3.05) is 14.2 Å². The highest BCUT2D eigenvalue weighted by Gasteiger charge is 2.39. The second-order valence-electron chi connectivity index (χ2n) is 7.20. The van der Waals surface area contributed by atoms with Crippen molar-refractivity contribution in [3.8, 4) is 11.5 Å². The lowest BCUT2D eigenvalue weighted by molar-refractivity contribution is -0.386. The van der Waals surface area contributed by atoms with Gasteiger partial charge in [-0.3, -0.25) is 10.1 Å². The first-order chi connectivity index (χ1) is 13.1. The molecule has 4 rings (SSSR count). The summed E-state index contributed by atoms with van der Waals surface area (Å²) in [5.74, 6) is 1.64. The monoisotopic (exact) mass is 365 g/mol. The van der Waals surface area contributed by atoms with Gasteiger partial charge in [0, 0.05) is 5.56 Å². The van der Waals surface area contributed by atoms with Crippen molar-refractivity contribution in [3.05, 3.63) is 63.2 Å². The van der Waals surface area contributed by atoms with Gasteiger partial charge in [0.1, 0.15) is 5.75 Å². The van der Waals surface area contributed by atoms with Gasteiger partial charge in [0.15, 0.2) is 5.75 Å². The van der Waals surface area contributed by atoms with E-state index >= 15 is 0 Å². The molecular formula is C22H23NO4. The maximum atomic E-state index is 11.8. The van der Waals surface area contributed by atoms with E-state index in [1.807, 2.05) is 18.2 Å². The molecule has 0 aliphatic heterocycles. The van der Waals surface area contributed by atoms with E-state index in [1.165, 1.54) is 12.7 Å². The molecule has 0 radical (unpaired) electrons. The van der Waals surface area contributed by atoms with Crippen LogP contribution in [0.3, 0.4) is 0 Å². The Morgan fingerprint density at radius 3 is 2.30 bits per heavy atom. The zero-order chi connectivity index (χ0) is 19.0. The summed E-state index contributed by atoms with van der Waals surface area (Å²) in [6.45, 7) is 0. The molecule has 0 heterocycles. The van der Waals surface area contributed by atoms with Gasteiger partial charge in [-0.1, -0.05) is 37.1 Å². The van der Waals surface area contributed by atoms with Gasteiger partial charge in [-0.15, -0.1) is 0 Å². The normalized spacial score (nSPS) is 20.9. The number of fused-ring (bicyclic) bond motifs is 3. The van der Waals surface area contributed by atoms with Crippen LogP contribution in [0.4, 0.5) is 5.69 Å². The zero-order valence-corrected chi connectivity index (χ0v) is 15.6. The minimum atomic E-state index is -0.282. The number of nitro benzene ring substituents is 1. The highest BCUT2D eigenvalue weighted by Crippen LogP contribution is 2.54. The minimum Gasteiger partial charge on any atom is -0.497 e. The van der Waals surface area contributed by atoms with Crippen LogP contribution in [0.5, 0.6) is 11.5 Å². The smallest absolute Gasteiger partial charge is 0.314 e. The van der Waals surface area contributed by atoms with E-state index in [2.05, 4.69) is 18.2 Å². The van der Waals surface area contributed by atoms with Crippen LogP contribution in [0, 0.1) is 16.0 Å². The van der Waals surface area contributed by atoms with Gasteiger partial charge in [-0.05, 0) is 59.6 Å². The number of rotatable bonds is 4. The lowest BCUT2D eigenvalue weighted by Crippen LogP contribution is -2.24. The van der Waals surface area contributed by atoms with E-state index in [1.54, 1.807) is 13.2 Å². The molecule has 5 nitrogen and oxygen atoms in total. The number of nitrogens with zero attached hydrogens (tertiary/aromatic N) is 1. The molecule has 0 aromatic heterocycles. The van der Waals surface area contributed by atoms with Crippen LogP contribution >= 0.6 is 0 Å². The number of ether oxygens (including phenoxy) is 2. The first-order valence-electron chi connectivity index (χ1n) is 9.35. The first-order valence-corrected chi connectivity index (χ1v) is 9.35. The van der Waals surface area contributed by atoms with Crippen molar-refractivity contribution in [1.29, 1.82) is 0 Å². The molecule has 0 spiro atoms. The molecule has 0 bridgehead atoms. The Balaban J connectivity index is 1.90. The predicted octanol–water partition coefficient (Wildman–Crippen LogP) is 5.44. The fourth-order valence-electron chi connectivity index (χ4n) is 4.68. The van der Waals surface area contributed by atoms with E-state index in [-0.39, 0.29) is 16.5 Å². The summed E-state index contributed by atoms with van der Waals surface area (Å²) in [7, 11) is 3.16. The van der Waals surface area contributed by atoms with Crippen molar-refractivity contribution in [3.63, 3.8) is 0 Å². The molecule has 0 amide bonds. The maximum absolute atomic E-state index is 11.8. The number of hydrogen-bond donors (Lipinski definition) is 0. The summed E-state index contributed by atoms with van der Waals surface area (Å²) in [4.78, 5) is 11.6. The van der Waals surface area contributed by atoms with Crippen molar-refractivity contribution in [2.24, 2.45) is 5.92 Å². The average Bonchev–Trinajstić information content (AvgIpc) is 2.72. The summed E-state index contributed by atoms with van der Waals surface area (Å²) in [5.41, 5.74) is 4.36. The lowest BCUT2D eigenvalue weighted by Gasteiger charge is -2.37. The molecule has 1 saturated carbocycles. The quantitative estimate of drug-likeness (QED) is 0.535. The number of allylic oxidation sites excluding steroid dienone is 1. The van der Waals surface area contributed by atoms with Gasteiger partial charge in [0.2, 0.25) is 0 Å². The standard InChI is InChI=1S/C22H23NO4/c1-26-16-10-7-14(8-11-16)19-13-15-9-12-20(27-2)22(23(24)25)21(15)18-6-4-3-5-17(18)19/h7-13,17-18H,3-6H2,1-2H3. The minimum absolute atomic E-state index is 0.136. The maximum Gasteiger partial charge on any atom is 0.314 e. The largest absolute Gasteiger partial charge is 0.497 e. The average molecular weight is 365 g/mol. The summed E-state index contributed by atoms with van der Waals surface area (Å²) < 4.78 is 10.6. The van der Waals surface area contributed by atoms with Crippen molar-refractivity contribution < 1.29 is 14.4 Å². The van der Waals surface area contributed by atoms with Crippen LogP contribution in [-0.4, -0.2) is 19.1 Å². The van der Waals surface area contributed by atoms with Gasteiger partial charge < -0.3 is 9.47 Å². The van der Waals surface area contributed by atoms with Crippen LogP contribution in [0.25, 0.3) is 11.6 Å².